The van der Waals surface area contributed by atoms with E-state index in [9.17, 15) is 4.79 Å². The van der Waals surface area contributed by atoms with E-state index < -0.39 is 5.60 Å². The van der Waals surface area contributed by atoms with Gasteiger partial charge in [-0.25, -0.2) is 4.79 Å². The molecule has 1 amide bonds. The van der Waals surface area contributed by atoms with E-state index in [0.29, 0.717) is 12.6 Å². The topological polar surface area (TPSA) is 41.6 Å². The van der Waals surface area contributed by atoms with Crippen molar-refractivity contribution < 1.29 is 9.53 Å². The van der Waals surface area contributed by atoms with E-state index in [1.54, 1.807) is 0 Å². The zero-order chi connectivity index (χ0) is 17.5. The van der Waals surface area contributed by atoms with Crippen molar-refractivity contribution in [3.05, 3.63) is 0 Å². The maximum Gasteiger partial charge on any atom is 0.410 e. The Hall–Kier alpha value is -0.770. The molecule has 4 nitrogen and oxygen atoms in total. The molecule has 23 heavy (non-hydrogen) atoms. The summed E-state index contributed by atoms with van der Waals surface area (Å²) in [6.45, 7) is 13.7. The number of hydrogen-bond acceptors (Lipinski definition) is 3. The minimum atomic E-state index is -0.435. The van der Waals surface area contributed by atoms with Crippen molar-refractivity contribution in [1.82, 2.24) is 10.2 Å². The lowest BCUT2D eigenvalue weighted by atomic mass is 9.83. The van der Waals surface area contributed by atoms with Crippen molar-refractivity contribution in [2.24, 2.45) is 5.92 Å². The van der Waals surface area contributed by atoms with E-state index in [1.807, 2.05) is 39.5 Å². The first-order valence-corrected chi connectivity index (χ1v) is 9.46. The molecule has 0 unspecified atom stereocenters. The average molecular weight is 327 g/mol. The number of amides is 1. The minimum absolute atomic E-state index is 0.159. The SMILES string of the molecule is CCCC1CCC(NCCN(C(=O)OC(C)(C)C)C(C)C)CC1. The number of nitrogens with one attached hydrogen (secondary N) is 1. The molecule has 0 atom stereocenters. The first-order valence-electron chi connectivity index (χ1n) is 9.46. The van der Waals surface area contributed by atoms with E-state index in [-0.39, 0.29) is 12.1 Å². The number of ether oxygens (including phenoxy) is 1. The van der Waals surface area contributed by atoms with Gasteiger partial charge in [0, 0.05) is 25.2 Å². The fourth-order valence-electron chi connectivity index (χ4n) is 3.33. The predicted molar refractivity (Wildman–Crippen MR) is 96.7 cm³/mol. The van der Waals surface area contributed by atoms with E-state index in [0.717, 1.165) is 12.5 Å². The largest absolute Gasteiger partial charge is 0.444 e. The summed E-state index contributed by atoms with van der Waals surface area (Å²) in [4.78, 5) is 14.1. The predicted octanol–water partition coefficient (Wildman–Crippen LogP) is 4.58. The van der Waals surface area contributed by atoms with Crippen LogP contribution in [0.3, 0.4) is 0 Å². The van der Waals surface area contributed by atoms with Crippen LogP contribution in [0.15, 0.2) is 0 Å². The van der Waals surface area contributed by atoms with Crippen LogP contribution in [0.2, 0.25) is 0 Å². The second-order valence-corrected chi connectivity index (χ2v) is 8.23. The molecule has 1 aliphatic carbocycles. The highest BCUT2D eigenvalue weighted by atomic mass is 16.6. The highest BCUT2D eigenvalue weighted by molar-refractivity contribution is 5.68. The third-order valence-corrected chi connectivity index (χ3v) is 4.58. The Labute approximate surface area is 143 Å². The summed E-state index contributed by atoms with van der Waals surface area (Å²) in [5.74, 6) is 0.937. The van der Waals surface area contributed by atoms with Crippen LogP contribution in [0.25, 0.3) is 0 Å². The van der Waals surface area contributed by atoms with Crippen LogP contribution in [0.5, 0.6) is 0 Å². The number of hydrogen-bond donors (Lipinski definition) is 1. The second kappa shape index (κ2) is 9.51. The molecule has 0 bridgehead atoms. The monoisotopic (exact) mass is 326 g/mol. The maximum absolute atomic E-state index is 12.3. The third kappa shape index (κ3) is 8.05. The summed E-state index contributed by atoms with van der Waals surface area (Å²) in [5.41, 5.74) is -0.435. The van der Waals surface area contributed by atoms with E-state index >= 15 is 0 Å². The molecule has 0 aromatic carbocycles. The normalized spacial score (nSPS) is 22.2. The zero-order valence-corrected chi connectivity index (χ0v) is 16.2. The van der Waals surface area contributed by atoms with Gasteiger partial charge in [0.15, 0.2) is 0 Å². The van der Waals surface area contributed by atoms with Crippen molar-refractivity contribution in [1.29, 1.82) is 0 Å². The summed E-state index contributed by atoms with van der Waals surface area (Å²) in [5, 5.41) is 3.64. The van der Waals surface area contributed by atoms with Gasteiger partial charge in [-0.3, -0.25) is 0 Å². The highest BCUT2D eigenvalue weighted by Crippen LogP contribution is 2.27. The Morgan fingerprint density at radius 1 is 1.22 bits per heavy atom. The van der Waals surface area contributed by atoms with Crippen LogP contribution in [0.4, 0.5) is 4.79 Å². The molecule has 1 N–H and O–H groups in total. The molecule has 1 saturated carbocycles. The molecule has 0 saturated heterocycles. The standard InChI is InChI=1S/C19H38N2O2/c1-7-8-16-9-11-17(12-10-16)20-13-14-21(15(2)3)18(22)23-19(4,5)6/h15-17,20H,7-14H2,1-6H3. The Morgan fingerprint density at radius 2 is 1.83 bits per heavy atom. The molecule has 1 aliphatic rings. The van der Waals surface area contributed by atoms with Gasteiger partial charge >= 0.3 is 6.09 Å². The van der Waals surface area contributed by atoms with Crippen LogP contribution in [-0.4, -0.2) is 41.8 Å². The number of carbonyl (C=O) groups excluding carboxylic acids is 1. The van der Waals surface area contributed by atoms with Crippen LogP contribution >= 0.6 is 0 Å². The summed E-state index contributed by atoms with van der Waals surface area (Å²) in [6.07, 6.45) is 7.74. The van der Waals surface area contributed by atoms with Crippen molar-refractivity contribution >= 4 is 6.09 Å². The fraction of sp³-hybridized carbons (Fsp3) is 0.947. The van der Waals surface area contributed by atoms with E-state index in [1.165, 1.54) is 38.5 Å². The molecule has 0 aromatic rings. The van der Waals surface area contributed by atoms with Crippen molar-refractivity contribution in [3.8, 4) is 0 Å². The van der Waals surface area contributed by atoms with Gasteiger partial charge in [-0.15, -0.1) is 0 Å². The molecule has 0 aromatic heterocycles. The second-order valence-electron chi connectivity index (χ2n) is 8.23. The van der Waals surface area contributed by atoms with Gasteiger partial charge < -0.3 is 15.0 Å². The van der Waals surface area contributed by atoms with E-state index in [4.69, 9.17) is 4.74 Å². The lowest BCUT2D eigenvalue weighted by molar-refractivity contribution is 0.0191. The lowest BCUT2D eigenvalue weighted by Gasteiger charge is -2.32. The third-order valence-electron chi connectivity index (χ3n) is 4.58. The van der Waals surface area contributed by atoms with Gasteiger partial charge in [0.1, 0.15) is 5.60 Å². The lowest BCUT2D eigenvalue weighted by Crippen LogP contribution is -2.45. The smallest absolute Gasteiger partial charge is 0.410 e. The van der Waals surface area contributed by atoms with Gasteiger partial charge in [-0.05, 0) is 66.2 Å². The molecular weight excluding hydrogens is 288 g/mol. The molecule has 0 aliphatic heterocycles. The molecule has 0 radical (unpaired) electrons. The summed E-state index contributed by atoms with van der Waals surface area (Å²) in [6, 6.07) is 0.780. The molecule has 1 fully saturated rings. The van der Waals surface area contributed by atoms with E-state index in [2.05, 4.69) is 12.2 Å². The van der Waals surface area contributed by atoms with Gasteiger partial charge in [-0.2, -0.15) is 0 Å². The number of nitrogens with zero attached hydrogens (tertiary/aromatic N) is 1. The van der Waals surface area contributed by atoms with Gasteiger partial charge in [0.25, 0.3) is 0 Å². The van der Waals surface area contributed by atoms with Crippen molar-refractivity contribution in [2.75, 3.05) is 13.1 Å². The Balaban J connectivity index is 2.32. The van der Waals surface area contributed by atoms with Crippen LogP contribution in [0.1, 0.15) is 80.1 Å². The molecule has 0 spiro atoms. The Morgan fingerprint density at radius 3 is 2.30 bits per heavy atom. The molecule has 136 valence electrons. The minimum Gasteiger partial charge on any atom is -0.444 e. The van der Waals surface area contributed by atoms with Crippen LogP contribution in [0, 0.1) is 5.92 Å². The summed E-state index contributed by atoms with van der Waals surface area (Å²) in [7, 11) is 0. The fourth-order valence-corrected chi connectivity index (χ4v) is 3.33. The van der Waals surface area contributed by atoms with Crippen LogP contribution < -0.4 is 5.32 Å². The number of rotatable bonds is 7. The van der Waals surface area contributed by atoms with Gasteiger partial charge in [-0.1, -0.05) is 19.8 Å². The quantitative estimate of drug-likeness (QED) is 0.744. The van der Waals surface area contributed by atoms with Gasteiger partial charge in [0.05, 0.1) is 0 Å². The first kappa shape index (κ1) is 20.3. The number of carbonyl (C=O) groups is 1. The molecule has 4 heteroatoms. The molecule has 0 heterocycles. The molecule has 1 rings (SSSR count). The van der Waals surface area contributed by atoms with Gasteiger partial charge in [0.2, 0.25) is 0 Å². The Bertz CT molecular complexity index is 342. The average Bonchev–Trinajstić information content (AvgIpc) is 2.43. The first-order chi connectivity index (χ1) is 10.7. The van der Waals surface area contributed by atoms with Crippen molar-refractivity contribution in [3.63, 3.8) is 0 Å². The maximum atomic E-state index is 12.3. The Kier molecular flexibility index (Phi) is 8.38. The van der Waals surface area contributed by atoms with Crippen LogP contribution in [-0.2, 0) is 4.74 Å². The highest BCUT2D eigenvalue weighted by Gasteiger charge is 2.25. The summed E-state index contributed by atoms with van der Waals surface area (Å²) >= 11 is 0. The molecular formula is C19H38N2O2. The zero-order valence-electron chi connectivity index (χ0n) is 16.2. The summed E-state index contributed by atoms with van der Waals surface area (Å²) < 4.78 is 5.50. The van der Waals surface area contributed by atoms with Crippen molar-refractivity contribution in [2.45, 2.75) is 97.8 Å².